The van der Waals surface area contributed by atoms with Crippen molar-refractivity contribution in [3.05, 3.63) is 57.9 Å². The van der Waals surface area contributed by atoms with Crippen molar-refractivity contribution in [1.82, 2.24) is 15.2 Å². The highest BCUT2D eigenvalue weighted by molar-refractivity contribution is 6.29. The third-order valence-electron chi connectivity index (χ3n) is 5.85. The van der Waals surface area contributed by atoms with Gasteiger partial charge in [-0.25, -0.2) is 4.98 Å². The molecule has 2 aromatic rings. The van der Waals surface area contributed by atoms with E-state index in [1.54, 1.807) is 25.4 Å². The number of nitrogens with zero attached hydrogens (tertiary/aromatic N) is 2. The Balaban J connectivity index is 1.97. The topological polar surface area (TPSA) is 54.5 Å². The minimum absolute atomic E-state index is 0.0879. The molecule has 0 aliphatic rings. The standard InChI is InChI=1S/C25H36ClN3O2/c1-6-7-8-9-22(28-25(30)20-12-14-27-24(26)16-20)13-15-29(4)17-21-10-11-23(31-5)19(3)18(21)2/h10-12,14,16,22H,6-9,13,15,17H2,1-5H3,(H,28,30). The second kappa shape index (κ2) is 12.7. The summed E-state index contributed by atoms with van der Waals surface area (Å²) in [6, 6.07) is 7.63. The molecule has 0 fully saturated rings. The number of pyridine rings is 1. The first-order valence-electron chi connectivity index (χ1n) is 11.1. The molecule has 1 amide bonds. The molecule has 0 aliphatic carbocycles. The highest BCUT2D eigenvalue weighted by atomic mass is 35.5. The fourth-order valence-corrected chi connectivity index (χ4v) is 3.91. The third kappa shape index (κ3) is 7.82. The molecule has 1 aromatic heterocycles. The van der Waals surface area contributed by atoms with Gasteiger partial charge in [0.05, 0.1) is 7.11 Å². The quantitative estimate of drug-likeness (QED) is 0.343. The minimum atomic E-state index is -0.0879. The Kier molecular flexibility index (Phi) is 10.3. The van der Waals surface area contributed by atoms with Crippen molar-refractivity contribution in [2.24, 2.45) is 0 Å². The fraction of sp³-hybridized carbons (Fsp3) is 0.520. The van der Waals surface area contributed by atoms with Gasteiger partial charge in [0.2, 0.25) is 0 Å². The van der Waals surface area contributed by atoms with E-state index in [1.807, 2.05) is 6.07 Å². The lowest BCUT2D eigenvalue weighted by Gasteiger charge is -2.24. The van der Waals surface area contributed by atoms with Crippen LogP contribution < -0.4 is 10.1 Å². The maximum Gasteiger partial charge on any atom is 0.251 e. The molecule has 0 bridgehead atoms. The van der Waals surface area contributed by atoms with Crippen molar-refractivity contribution in [3.63, 3.8) is 0 Å². The van der Waals surface area contributed by atoms with Gasteiger partial charge in [-0.3, -0.25) is 4.79 Å². The van der Waals surface area contributed by atoms with Gasteiger partial charge in [0.25, 0.3) is 5.91 Å². The summed E-state index contributed by atoms with van der Waals surface area (Å²) >= 11 is 5.94. The number of methoxy groups -OCH3 is 1. The molecule has 0 saturated heterocycles. The number of ether oxygens (including phenoxy) is 1. The van der Waals surface area contributed by atoms with Crippen molar-refractivity contribution in [1.29, 1.82) is 0 Å². The number of amides is 1. The van der Waals surface area contributed by atoms with Crippen LogP contribution in [0.25, 0.3) is 0 Å². The molecule has 0 radical (unpaired) electrons. The minimum Gasteiger partial charge on any atom is -0.496 e. The summed E-state index contributed by atoms with van der Waals surface area (Å²) in [4.78, 5) is 19.0. The second-order valence-corrected chi connectivity index (χ2v) is 8.62. The second-order valence-electron chi connectivity index (χ2n) is 8.24. The number of hydrogen-bond acceptors (Lipinski definition) is 4. The van der Waals surface area contributed by atoms with E-state index in [4.69, 9.17) is 16.3 Å². The zero-order valence-electron chi connectivity index (χ0n) is 19.5. The molecule has 0 spiro atoms. The molecule has 1 N–H and O–H groups in total. The Morgan fingerprint density at radius 3 is 2.65 bits per heavy atom. The van der Waals surface area contributed by atoms with Crippen LogP contribution in [0.4, 0.5) is 0 Å². The van der Waals surface area contributed by atoms with Crippen molar-refractivity contribution >= 4 is 17.5 Å². The normalized spacial score (nSPS) is 12.1. The van der Waals surface area contributed by atoms with Crippen molar-refractivity contribution in [3.8, 4) is 5.75 Å². The molecule has 0 aliphatic heterocycles. The summed E-state index contributed by atoms with van der Waals surface area (Å²) in [5.41, 5.74) is 4.32. The van der Waals surface area contributed by atoms with Crippen LogP contribution in [0.15, 0.2) is 30.5 Å². The first-order valence-corrected chi connectivity index (χ1v) is 11.5. The molecule has 0 saturated carbocycles. The lowest BCUT2D eigenvalue weighted by atomic mass is 10.0. The summed E-state index contributed by atoms with van der Waals surface area (Å²) < 4.78 is 5.43. The van der Waals surface area contributed by atoms with E-state index in [0.717, 1.165) is 44.5 Å². The lowest BCUT2D eigenvalue weighted by molar-refractivity contribution is 0.0929. The van der Waals surface area contributed by atoms with Crippen LogP contribution in [0, 0.1) is 13.8 Å². The molecule has 170 valence electrons. The lowest BCUT2D eigenvalue weighted by Crippen LogP contribution is -2.37. The maximum atomic E-state index is 12.7. The molecule has 1 unspecified atom stereocenters. The first-order chi connectivity index (χ1) is 14.8. The number of halogens is 1. The van der Waals surface area contributed by atoms with Crippen LogP contribution >= 0.6 is 11.6 Å². The molecule has 31 heavy (non-hydrogen) atoms. The maximum absolute atomic E-state index is 12.7. The van der Waals surface area contributed by atoms with E-state index in [-0.39, 0.29) is 11.9 Å². The van der Waals surface area contributed by atoms with Crippen LogP contribution in [-0.2, 0) is 6.54 Å². The average Bonchev–Trinajstić information content (AvgIpc) is 2.75. The van der Waals surface area contributed by atoms with Gasteiger partial charge in [0.1, 0.15) is 10.9 Å². The third-order valence-corrected chi connectivity index (χ3v) is 6.06. The highest BCUT2D eigenvalue weighted by Gasteiger charge is 2.16. The Morgan fingerprint density at radius 1 is 1.19 bits per heavy atom. The summed E-state index contributed by atoms with van der Waals surface area (Å²) in [6.45, 7) is 8.21. The highest BCUT2D eigenvalue weighted by Crippen LogP contribution is 2.24. The first kappa shape index (κ1) is 25.2. The molecule has 1 atom stereocenters. The van der Waals surface area contributed by atoms with Crippen LogP contribution in [0.3, 0.4) is 0 Å². The van der Waals surface area contributed by atoms with E-state index in [9.17, 15) is 4.79 Å². The van der Waals surface area contributed by atoms with Crippen LogP contribution in [0.5, 0.6) is 5.75 Å². The van der Waals surface area contributed by atoms with Crippen LogP contribution in [-0.4, -0.2) is 42.5 Å². The summed E-state index contributed by atoms with van der Waals surface area (Å²) in [7, 11) is 3.84. The van der Waals surface area contributed by atoms with Gasteiger partial charge in [-0.15, -0.1) is 0 Å². The van der Waals surface area contributed by atoms with Crippen molar-refractivity contribution < 1.29 is 9.53 Å². The zero-order chi connectivity index (χ0) is 22.8. The molecule has 1 aromatic carbocycles. The van der Waals surface area contributed by atoms with E-state index in [1.165, 1.54) is 23.1 Å². The van der Waals surface area contributed by atoms with Crippen molar-refractivity contribution in [2.45, 2.75) is 65.5 Å². The van der Waals surface area contributed by atoms with Gasteiger partial charge in [-0.05, 0) is 68.6 Å². The number of rotatable bonds is 12. The molecular weight excluding hydrogens is 410 g/mol. The van der Waals surface area contributed by atoms with Gasteiger partial charge < -0.3 is 15.0 Å². The molecule has 5 nitrogen and oxygen atoms in total. The predicted octanol–water partition coefficient (Wildman–Crippen LogP) is 5.56. The van der Waals surface area contributed by atoms with Crippen molar-refractivity contribution in [2.75, 3.05) is 20.7 Å². The zero-order valence-corrected chi connectivity index (χ0v) is 20.3. The molecular formula is C25H36ClN3O2. The monoisotopic (exact) mass is 445 g/mol. The van der Waals surface area contributed by atoms with E-state index >= 15 is 0 Å². The molecule has 2 rings (SSSR count). The van der Waals surface area contributed by atoms with Gasteiger partial charge >= 0.3 is 0 Å². The Morgan fingerprint density at radius 2 is 1.97 bits per heavy atom. The van der Waals surface area contributed by atoms with Gasteiger partial charge in [0.15, 0.2) is 0 Å². The number of hydrogen-bond donors (Lipinski definition) is 1. The van der Waals surface area contributed by atoms with Gasteiger partial charge in [-0.2, -0.15) is 0 Å². The van der Waals surface area contributed by atoms with Gasteiger partial charge in [-0.1, -0.05) is 43.9 Å². The number of aromatic nitrogens is 1. The molecule has 1 heterocycles. The Hall–Kier alpha value is -2.11. The van der Waals surface area contributed by atoms with E-state index in [2.05, 4.69) is 49.1 Å². The summed E-state index contributed by atoms with van der Waals surface area (Å²) in [5, 5.41) is 3.54. The SMILES string of the molecule is CCCCCC(CCN(C)Cc1ccc(OC)c(C)c1C)NC(=O)c1ccnc(Cl)c1. The fourth-order valence-electron chi connectivity index (χ4n) is 3.73. The molecule has 6 heteroatoms. The average molecular weight is 446 g/mol. The summed E-state index contributed by atoms with van der Waals surface area (Å²) in [5.74, 6) is 0.842. The van der Waals surface area contributed by atoms with Crippen LogP contribution in [0.2, 0.25) is 5.15 Å². The smallest absolute Gasteiger partial charge is 0.251 e. The number of nitrogens with one attached hydrogen (secondary N) is 1. The Labute approximate surface area is 192 Å². The van der Waals surface area contributed by atoms with E-state index in [0.29, 0.717) is 10.7 Å². The van der Waals surface area contributed by atoms with Gasteiger partial charge in [0, 0.05) is 30.9 Å². The predicted molar refractivity (Wildman–Crippen MR) is 128 cm³/mol. The Bertz CT molecular complexity index is 857. The number of unbranched alkanes of at least 4 members (excludes halogenated alkanes) is 2. The number of carbonyl (C=O) groups excluding carboxylic acids is 1. The largest absolute Gasteiger partial charge is 0.496 e. The summed E-state index contributed by atoms with van der Waals surface area (Å²) in [6.07, 6.45) is 6.89. The van der Waals surface area contributed by atoms with Crippen LogP contribution in [0.1, 0.15) is 66.1 Å². The number of carbonyl (C=O) groups is 1. The number of benzene rings is 1. The van der Waals surface area contributed by atoms with E-state index < -0.39 is 0 Å².